The molecule has 0 aliphatic carbocycles. The molecular weight excluding hydrogens is 347 g/mol. The molecule has 0 bridgehead atoms. The third-order valence-electron chi connectivity index (χ3n) is 3.36. The maximum Gasteiger partial charge on any atom is 0.0431 e. The van der Waals surface area contributed by atoms with Gasteiger partial charge in [-0.2, -0.15) is 20.8 Å². The SMILES string of the molecule is C[C-](C)C.NCCCCCCCCCCCCCCCO.[Y]. The van der Waals surface area contributed by atoms with E-state index in [-0.39, 0.29) is 32.7 Å². The monoisotopic (exact) mass is 389 g/mol. The van der Waals surface area contributed by atoms with Crippen LogP contribution in [0.25, 0.3) is 0 Å². The van der Waals surface area contributed by atoms with Gasteiger partial charge in [0, 0.05) is 39.3 Å². The van der Waals surface area contributed by atoms with Gasteiger partial charge in [0.2, 0.25) is 0 Å². The Labute approximate surface area is 166 Å². The van der Waals surface area contributed by atoms with Crippen molar-refractivity contribution in [1.29, 1.82) is 0 Å². The predicted octanol–water partition coefficient (Wildman–Crippen LogP) is 5.63. The summed E-state index contributed by atoms with van der Waals surface area (Å²) >= 11 is 0. The molecule has 0 spiro atoms. The molecule has 0 atom stereocenters. The number of aliphatic hydroxyl groups is 1. The molecule has 0 unspecified atom stereocenters. The molecule has 0 rings (SSSR count). The molecule has 0 aromatic heterocycles. The first kappa shape index (κ1) is 27.9. The average Bonchev–Trinajstić information content (AvgIpc) is 2.43. The summed E-state index contributed by atoms with van der Waals surface area (Å²) in [7, 11) is 0. The van der Waals surface area contributed by atoms with Gasteiger partial charge < -0.3 is 16.8 Å². The van der Waals surface area contributed by atoms with Crippen LogP contribution in [0.15, 0.2) is 0 Å². The second-order valence-electron chi connectivity index (χ2n) is 6.61. The Hall–Kier alpha value is 1.02. The fourth-order valence-electron chi connectivity index (χ4n) is 2.20. The van der Waals surface area contributed by atoms with E-state index in [4.69, 9.17) is 10.8 Å². The first-order chi connectivity index (χ1) is 10.1. The molecule has 0 saturated heterocycles. The Kier molecular flexibility index (Phi) is 34.1. The average molecular weight is 389 g/mol. The van der Waals surface area contributed by atoms with Crippen LogP contribution in [-0.4, -0.2) is 18.3 Å². The Morgan fingerprint density at radius 1 is 0.591 bits per heavy atom. The molecule has 0 amide bonds. The number of rotatable bonds is 14. The van der Waals surface area contributed by atoms with E-state index in [2.05, 4.69) is 20.8 Å². The summed E-state index contributed by atoms with van der Waals surface area (Å²) in [4.78, 5) is 0. The Morgan fingerprint density at radius 3 is 1.05 bits per heavy atom. The van der Waals surface area contributed by atoms with E-state index in [0.717, 1.165) is 13.0 Å². The molecule has 2 nitrogen and oxygen atoms in total. The molecule has 0 aromatic carbocycles. The molecule has 3 N–H and O–H groups in total. The zero-order valence-corrected chi connectivity index (χ0v) is 18.5. The number of nitrogens with two attached hydrogens (primary N) is 1. The van der Waals surface area contributed by atoms with Crippen LogP contribution in [0.1, 0.15) is 104 Å². The molecule has 0 fully saturated rings. The van der Waals surface area contributed by atoms with Crippen molar-refractivity contribution in [3.63, 3.8) is 0 Å². The summed E-state index contributed by atoms with van der Waals surface area (Å²) in [5.41, 5.74) is 5.45. The van der Waals surface area contributed by atoms with Crippen LogP contribution in [0, 0.1) is 5.92 Å². The Balaban J connectivity index is -0.000000640. The zero-order valence-electron chi connectivity index (χ0n) is 15.7. The van der Waals surface area contributed by atoms with Crippen LogP contribution >= 0.6 is 0 Å². The van der Waals surface area contributed by atoms with Crippen molar-refractivity contribution >= 4 is 0 Å². The van der Waals surface area contributed by atoms with Gasteiger partial charge in [0.15, 0.2) is 0 Å². The molecule has 22 heavy (non-hydrogen) atoms. The van der Waals surface area contributed by atoms with Crippen molar-refractivity contribution in [2.24, 2.45) is 5.73 Å². The Morgan fingerprint density at radius 2 is 0.818 bits per heavy atom. The van der Waals surface area contributed by atoms with E-state index < -0.39 is 0 Å². The van der Waals surface area contributed by atoms with Crippen molar-refractivity contribution in [3.05, 3.63) is 5.92 Å². The zero-order chi connectivity index (χ0) is 16.2. The summed E-state index contributed by atoms with van der Waals surface area (Å²) in [6.07, 6.45) is 17.2. The second kappa shape index (κ2) is 26.9. The van der Waals surface area contributed by atoms with Gasteiger partial charge in [0.05, 0.1) is 0 Å². The van der Waals surface area contributed by atoms with Gasteiger partial charge >= 0.3 is 0 Å². The number of aliphatic hydroxyl groups excluding tert-OH is 1. The predicted molar refractivity (Wildman–Crippen MR) is 96.4 cm³/mol. The molecule has 0 saturated carbocycles. The van der Waals surface area contributed by atoms with Gasteiger partial charge in [-0.3, -0.25) is 0 Å². The van der Waals surface area contributed by atoms with Gasteiger partial charge in [-0.1, -0.05) is 70.6 Å². The second-order valence-corrected chi connectivity index (χ2v) is 6.61. The summed E-state index contributed by atoms with van der Waals surface area (Å²) in [5, 5.41) is 8.64. The Bertz CT molecular complexity index is 149. The minimum Gasteiger partial charge on any atom is -0.396 e. The maximum absolute atomic E-state index is 8.64. The van der Waals surface area contributed by atoms with Gasteiger partial charge in [-0.15, -0.1) is 0 Å². The van der Waals surface area contributed by atoms with Crippen LogP contribution in [0.4, 0.5) is 0 Å². The maximum atomic E-state index is 8.64. The summed E-state index contributed by atoms with van der Waals surface area (Å²) in [6.45, 7) is 7.47. The third kappa shape index (κ3) is 37.3. The summed E-state index contributed by atoms with van der Waals surface area (Å²) in [5.74, 6) is 1.42. The number of unbranched alkanes of at least 4 members (excludes halogenated alkanes) is 12. The fourth-order valence-corrected chi connectivity index (χ4v) is 2.20. The fraction of sp³-hybridized carbons (Fsp3) is 0.947. The van der Waals surface area contributed by atoms with E-state index >= 15 is 0 Å². The van der Waals surface area contributed by atoms with E-state index in [1.54, 1.807) is 0 Å². The number of hydrogen-bond donors (Lipinski definition) is 2. The molecule has 133 valence electrons. The molecule has 0 aliphatic rings. The molecule has 3 heteroatoms. The van der Waals surface area contributed by atoms with Gasteiger partial charge in [0.25, 0.3) is 0 Å². The first-order valence-electron chi connectivity index (χ1n) is 9.22. The molecule has 0 heterocycles. The minimum atomic E-state index is 0. The van der Waals surface area contributed by atoms with Crippen molar-refractivity contribution in [1.82, 2.24) is 0 Å². The third-order valence-corrected chi connectivity index (χ3v) is 3.36. The summed E-state index contributed by atoms with van der Waals surface area (Å²) in [6, 6.07) is 0. The van der Waals surface area contributed by atoms with Crippen LogP contribution in [0.5, 0.6) is 0 Å². The smallest absolute Gasteiger partial charge is 0.0431 e. The molecule has 0 aromatic rings. The van der Waals surface area contributed by atoms with Gasteiger partial charge in [0.1, 0.15) is 0 Å². The quantitative estimate of drug-likeness (QED) is 0.299. The van der Waals surface area contributed by atoms with Crippen LogP contribution in [0.2, 0.25) is 0 Å². The molecule has 1 radical (unpaired) electrons. The summed E-state index contributed by atoms with van der Waals surface area (Å²) < 4.78 is 0. The van der Waals surface area contributed by atoms with Crippen molar-refractivity contribution < 1.29 is 37.8 Å². The largest absolute Gasteiger partial charge is 0.396 e. The van der Waals surface area contributed by atoms with Crippen LogP contribution in [0.3, 0.4) is 0 Å². The van der Waals surface area contributed by atoms with Crippen LogP contribution in [-0.2, 0) is 32.7 Å². The van der Waals surface area contributed by atoms with Crippen molar-refractivity contribution in [3.8, 4) is 0 Å². The standard InChI is InChI=1S/C15H33NO.C4H9.Y/c16-14-12-10-8-6-4-2-1-3-5-7-9-11-13-15-17;1-4(2)3;/h17H,1-16H2;1-3H3;/q;-1;. The van der Waals surface area contributed by atoms with Gasteiger partial charge in [-0.05, 0) is 19.4 Å². The first-order valence-corrected chi connectivity index (χ1v) is 9.22. The molecule has 0 aliphatic heterocycles. The van der Waals surface area contributed by atoms with E-state index in [1.807, 2.05) is 0 Å². The minimum absolute atomic E-state index is 0. The van der Waals surface area contributed by atoms with Crippen LogP contribution < -0.4 is 5.73 Å². The molecular formula is C19H42NOY-. The van der Waals surface area contributed by atoms with Crippen molar-refractivity contribution in [2.75, 3.05) is 13.2 Å². The number of hydrogen-bond acceptors (Lipinski definition) is 2. The van der Waals surface area contributed by atoms with E-state index in [9.17, 15) is 0 Å². The van der Waals surface area contributed by atoms with E-state index in [0.29, 0.717) is 6.61 Å². The van der Waals surface area contributed by atoms with Crippen molar-refractivity contribution in [2.45, 2.75) is 104 Å². The normalized spacial score (nSPS) is 10.1. The van der Waals surface area contributed by atoms with Gasteiger partial charge in [-0.25, -0.2) is 0 Å². The van der Waals surface area contributed by atoms with E-state index in [1.165, 1.54) is 83.0 Å². The topological polar surface area (TPSA) is 46.2 Å².